The molecule has 3 nitrogen and oxygen atoms in total. The third-order valence-corrected chi connectivity index (χ3v) is 3.16. The number of hydrogen-bond acceptors (Lipinski definition) is 2. The molecule has 0 aliphatic heterocycles. The SMILES string of the molecule is O=C(NCCNCc1cc(F)cc(C(F)(F)F)c1)C1CC1. The van der Waals surface area contributed by atoms with E-state index in [0.717, 1.165) is 25.0 Å². The van der Waals surface area contributed by atoms with Crippen molar-refractivity contribution in [2.45, 2.75) is 25.6 Å². The lowest BCUT2D eigenvalue weighted by Crippen LogP contribution is -2.32. The molecule has 1 saturated carbocycles. The van der Waals surface area contributed by atoms with E-state index in [1.165, 1.54) is 0 Å². The van der Waals surface area contributed by atoms with Crippen LogP contribution in [0.25, 0.3) is 0 Å². The zero-order chi connectivity index (χ0) is 15.5. The Kier molecular flexibility index (Phi) is 4.82. The predicted molar refractivity (Wildman–Crippen MR) is 68.8 cm³/mol. The molecule has 0 radical (unpaired) electrons. The lowest BCUT2D eigenvalue weighted by Gasteiger charge is -2.10. The van der Waals surface area contributed by atoms with Crippen molar-refractivity contribution >= 4 is 5.91 Å². The summed E-state index contributed by atoms with van der Waals surface area (Å²) in [6, 6.07) is 2.45. The minimum atomic E-state index is -4.56. The van der Waals surface area contributed by atoms with Gasteiger partial charge in [-0.15, -0.1) is 0 Å². The first kappa shape index (κ1) is 15.8. The zero-order valence-electron chi connectivity index (χ0n) is 11.3. The molecule has 116 valence electrons. The molecule has 2 rings (SSSR count). The molecule has 1 aliphatic carbocycles. The molecule has 0 aromatic heterocycles. The van der Waals surface area contributed by atoms with E-state index in [0.29, 0.717) is 19.2 Å². The molecule has 0 heterocycles. The fourth-order valence-corrected chi connectivity index (χ4v) is 1.91. The van der Waals surface area contributed by atoms with Crippen molar-refractivity contribution in [2.24, 2.45) is 5.92 Å². The van der Waals surface area contributed by atoms with Crippen molar-refractivity contribution in [1.82, 2.24) is 10.6 Å². The van der Waals surface area contributed by atoms with Crippen LogP contribution < -0.4 is 10.6 Å². The minimum Gasteiger partial charge on any atom is -0.355 e. The van der Waals surface area contributed by atoms with Crippen LogP contribution in [-0.2, 0) is 17.5 Å². The molecule has 0 atom stereocenters. The topological polar surface area (TPSA) is 41.1 Å². The standard InChI is InChI=1S/C14H16F4N2O/c15-12-6-9(5-11(7-12)14(16,17)18)8-19-3-4-20-13(21)10-1-2-10/h5-7,10,19H,1-4,8H2,(H,20,21). The number of benzene rings is 1. The minimum absolute atomic E-state index is 0.0157. The van der Waals surface area contributed by atoms with E-state index in [4.69, 9.17) is 0 Å². The Morgan fingerprint density at radius 1 is 1.19 bits per heavy atom. The van der Waals surface area contributed by atoms with E-state index >= 15 is 0 Å². The number of carbonyl (C=O) groups excluding carboxylic acids is 1. The summed E-state index contributed by atoms with van der Waals surface area (Å²) in [5.74, 6) is -0.770. The molecule has 1 aliphatic rings. The first-order valence-corrected chi connectivity index (χ1v) is 6.71. The number of alkyl halides is 3. The summed E-state index contributed by atoms with van der Waals surface area (Å²) in [6.07, 6.45) is -2.72. The van der Waals surface area contributed by atoms with E-state index < -0.39 is 17.6 Å². The molecule has 2 N–H and O–H groups in total. The van der Waals surface area contributed by atoms with Gasteiger partial charge in [0.15, 0.2) is 0 Å². The highest BCUT2D eigenvalue weighted by Crippen LogP contribution is 2.30. The Morgan fingerprint density at radius 2 is 1.90 bits per heavy atom. The molecule has 0 spiro atoms. The molecule has 1 amide bonds. The quantitative estimate of drug-likeness (QED) is 0.626. The highest BCUT2D eigenvalue weighted by molar-refractivity contribution is 5.80. The number of amides is 1. The van der Waals surface area contributed by atoms with Gasteiger partial charge in [-0.2, -0.15) is 13.2 Å². The van der Waals surface area contributed by atoms with E-state index in [2.05, 4.69) is 10.6 Å². The van der Waals surface area contributed by atoms with Crippen molar-refractivity contribution < 1.29 is 22.4 Å². The summed E-state index contributed by atoms with van der Waals surface area (Å²) in [5.41, 5.74) is -0.780. The van der Waals surface area contributed by atoms with Crippen molar-refractivity contribution in [3.05, 3.63) is 35.1 Å². The van der Waals surface area contributed by atoms with Gasteiger partial charge in [-0.1, -0.05) is 0 Å². The molecule has 21 heavy (non-hydrogen) atoms. The molecule has 1 aromatic carbocycles. The number of carbonyl (C=O) groups is 1. The van der Waals surface area contributed by atoms with Crippen LogP contribution in [-0.4, -0.2) is 19.0 Å². The van der Waals surface area contributed by atoms with Crippen molar-refractivity contribution in [1.29, 1.82) is 0 Å². The first-order chi connectivity index (χ1) is 9.86. The van der Waals surface area contributed by atoms with E-state index in [-0.39, 0.29) is 23.9 Å². The lowest BCUT2D eigenvalue weighted by molar-refractivity contribution is -0.137. The molecule has 1 aromatic rings. The Labute approximate surface area is 119 Å². The van der Waals surface area contributed by atoms with Gasteiger partial charge in [0.05, 0.1) is 5.56 Å². The molecule has 0 saturated heterocycles. The number of nitrogens with one attached hydrogen (secondary N) is 2. The summed E-state index contributed by atoms with van der Waals surface area (Å²) in [4.78, 5) is 11.3. The highest BCUT2D eigenvalue weighted by Gasteiger charge is 2.31. The van der Waals surface area contributed by atoms with Crippen LogP contribution >= 0.6 is 0 Å². The average molecular weight is 304 g/mol. The highest BCUT2D eigenvalue weighted by atomic mass is 19.4. The van der Waals surface area contributed by atoms with Crippen LogP contribution in [0.2, 0.25) is 0 Å². The normalized spacial score (nSPS) is 15.0. The predicted octanol–water partition coefficient (Wildman–Crippen LogP) is 2.46. The van der Waals surface area contributed by atoms with E-state index in [1.807, 2.05) is 0 Å². The van der Waals surface area contributed by atoms with Crippen LogP contribution in [0.4, 0.5) is 17.6 Å². The summed E-state index contributed by atoms with van der Waals surface area (Å²) in [7, 11) is 0. The van der Waals surface area contributed by atoms with Crippen LogP contribution in [0.3, 0.4) is 0 Å². The summed E-state index contributed by atoms with van der Waals surface area (Å²) in [5, 5.41) is 5.60. The van der Waals surface area contributed by atoms with Gasteiger partial charge < -0.3 is 10.6 Å². The molecular formula is C14H16F4N2O. The van der Waals surface area contributed by atoms with Crippen LogP contribution in [0, 0.1) is 11.7 Å². The summed E-state index contributed by atoms with van der Waals surface area (Å²) >= 11 is 0. The maximum atomic E-state index is 13.2. The van der Waals surface area contributed by atoms with Gasteiger partial charge >= 0.3 is 6.18 Å². The van der Waals surface area contributed by atoms with Crippen LogP contribution in [0.1, 0.15) is 24.0 Å². The Morgan fingerprint density at radius 3 is 2.52 bits per heavy atom. The maximum absolute atomic E-state index is 13.2. The fraction of sp³-hybridized carbons (Fsp3) is 0.500. The second-order valence-electron chi connectivity index (χ2n) is 5.09. The van der Waals surface area contributed by atoms with Gasteiger partial charge in [0, 0.05) is 25.6 Å². The molecule has 0 bridgehead atoms. The van der Waals surface area contributed by atoms with Gasteiger partial charge in [0.1, 0.15) is 5.82 Å². The van der Waals surface area contributed by atoms with Gasteiger partial charge in [-0.25, -0.2) is 4.39 Å². The second kappa shape index (κ2) is 6.43. The van der Waals surface area contributed by atoms with Gasteiger partial charge in [0.2, 0.25) is 5.91 Å². The smallest absolute Gasteiger partial charge is 0.355 e. The summed E-state index contributed by atoms with van der Waals surface area (Å²) in [6.45, 7) is 0.924. The largest absolute Gasteiger partial charge is 0.416 e. The Hall–Kier alpha value is -1.63. The molecule has 7 heteroatoms. The van der Waals surface area contributed by atoms with Gasteiger partial charge in [-0.3, -0.25) is 4.79 Å². The monoisotopic (exact) mass is 304 g/mol. The molecule has 1 fully saturated rings. The summed E-state index contributed by atoms with van der Waals surface area (Å²) < 4.78 is 50.7. The van der Waals surface area contributed by atoms with Gasteiger partial charge in [0.25, 0.3) is 0 Å². The fourth-order valence-electron chi connectivity index (χ4n) is 1.91. The zero-order valence-corrected chi connectivity index (χ0v) is 11.3. The number of halogens is 4. The molecular weight excluding hydrogens is 288 g/mol. The van der Waals surface area contributed by atoms with Crippen LogP contribution in [0.5, 0.6) is 0 Å². The van der Waals surface area contributed by atoms with Crippen LogP contribution in [0.15, 0.2) is 18.2 Å². The Balaban J connectivity index is 1.77. The van der Waals surface area contributed by atoms with E-state index in [9.17, 15) is 22.4 Å². The number of hydrogen-bond donors (Lipinski definition) is 2. The third kappa shape index (κ3) is 5.00. The second-order valence-corrected chi connectivity index (χ2v) is 5.09. The Bertz CT molecular complexity index is 512. The first-order valence-electron chi connectivity index (χ1n) is 6.71. The molecule has 0 unspecified atom stereocenters. The average Bonchev–Trinajstić information content (AvgIpc) is 3.20. The lowest BCUT2D eigenvalue weighted by atomic mass is 10.1. The van der Waals surface area contributed by atoms with Crippen molar-refractivity contribution in [2.75, 3.05) is 13.1 Å². The number of rotatable bonds is 6. The van der Waals surface area contributed by atoms with E-state index in [1.54, 1.807) is 0 Å². The van der Waals surface area contributed by atoms with Crippen molar-refractivity contribution in [3.8, 4) is 0 Å². The van der Waals surface area contributed by atoms with Gasteiger partial charge in [-0.05, 0) is 36.6 Å². The third-order valence-electron chi connectivity index (χ3n) is 3.16. The maximum Gasteiger partial charge on any atom is 0.416 e. The van der Waals surface area contributed by atoms with Crippen molar-refractivity contribution in [3.63, 3.8) is 0 Å².